The van der Waals surface area contributed by atoms with Gasteiger partial charge in [-0.2, -0.15) is 8.78 Å². The van der Waals surface area contributed by atoms with Crippen LogP contribution in [0.25, 0.3) is 0 Å². The van der Waals surface area contributed by atoms with Crippen molar-refractivity contribution < 1.29 is 22.8 Å². The number of benzene rings is 2. The number of thioether (sulfide) groups is 1. The first-order valence-electron chi connectivity index (χ1n) is 6.25. The molecule has 0 heterocycles. The SMILES string of the molecule is O=P(O)(Oc1ccc(CSc2ccc(Br)cc2)cc1Br)C(F)F.[Na].[Na]. The van der Waals surface area contributed by atoms with Crippen molar-refractivity contribution in [3.8, 4) is 5.75 Å². The van der Waals surface area contributed by atoms with Crippen molar-refractivity contribution in [2.75, 3.05) is 0 Å². The predicted octanol–water partition coefficient (Wildman–Crippen LogP) is 5.53. The smallest absolute Gasteiger partial charge is 0.420 e. The molecule has 0 aliphatic carbocycles. The normalized spacial score (nSPS) is 12.7. The van der Waals surface area contributed by atoms with Crippen molar-refractivity contribution in [3.63, 3.8) is 0 Å². The van der Waals surface area contributed by atoms with Gasteiger partial charge in [0.05, 0.1) is 4.47 Å². The van der Waals surface area contributed by atoms with Crippen LogP contribution in [0, 0.1) is 0 Å². The Kier molecular flexibility index (Phi) is 13.0. The van der Waals surface area contributed by atoms with Gasteiger partial charge in [0.1, 0.15) is 5.75 Å². The second-order valence-electron chi connectivity index (χ2n) is 4.44. The summed E-state index contributed by atoms with van der Waals surface area (Å²) in [6.45, 7) is 0. The first-order valence-corrected chi connectivity index (χ1v) is 10.5. The summed E-state index contributed by atoms with van der Waals surface area (Å²) in [6.07, 6.45) is -3.44. The Labute approximate surface area is 210 Å². The fourth-order valence-corrected chi connectivity index (χ4v) is 3.85. The quantitative estimate of drug-likeness (QED) is 0.301. The first-order chi connectivity index (χ1) is 10.8. The fraction of sp³-hybridized carbons (Fsp3) is 0.143. The van der Waals surface area contributed by atoms with Crippen LogP contribution in [0.2, 0.25) is 0 Å². The van der Waals surface area contributed by atoms with Gasteiger partial charge in [0.2, 0.25) is 0 Å². The van der Waals surface area contributed by atoms with Gasteiger partial charge >= 0.3 is 13.8 Å². The van der Waals surface area contributed by atoms with E-state index in [1.54, 1.807) is 23.9 Å². The van der Waals surface area contributed by atoms with E-state index < -0.39 is 13.8 Å². The number of rotatable bonds is 6. The van der Waals surface area contributed by atoms with Gasteiger partial charge < -0.3 is 9.42 Å². The molecule has 2 aromatic rings. The van der Waals surface area contributed by atoms with Crippen LogP contribution in [-0.2, 0) is 10.3 Å². The van der Waals surface area contributed by atoms with E-state index >= 15 is 0 Å². The van der Waals surface area contributed by atoms with Crippen molar-refractivity contribution in [2.24, 2.45) is 0 Å². The van der Waals surface area contributed by atoms with E-state index in [2.05, 4.69) is 36.4 Å². The van der Waals surface area contributed by atoms with E-state index in [9.17, 15) is 13.3 Å². The Balaban J connectivity index is 0.00000288. The molecular formula is C14H11Br2F2Na2O3PS. The van der Waals surface area contributed by atoms with Gasteiger partial charge in [-0.25, -0.2) is 4.57 Å². The maximum absolute atomic E-state index is 12.4. The Bertz CT molecular complexity index is 739. The second-order valence-corrected chi connectivity index (χ2v) is 8.96. The van der Waals surface area contributed by atoms with Crippen LogP contribution >= 0.6 is 51.2 Å². The Hall–Kier alpha value is 1.60. The van der Waals surface area contributed by atoms with Crippen LogP contribution in [0.1, 0.15) is 5.56 Å². The van der Waals surface area contributed by atoms with Crippen LogP contribution in [0.15, 0.2) is 56.3 Å². The first kappa shape index (κ1) is 26.6. The van der Waals surface area contributed by atoms with Gasteiger partial charge in [-0.05, 0) is 57.9 Å². The fourth-order valence-electron chi connectivity index (χ4n) is 1.59. The summed E-state index contributed by atoms with van der Waals surface area (Å²) in [4.78, 5) is 10.2. The molecule has 0 saturated heterocycles. The molecule has 0 aliphatic heterocycles. The summed E-state index contributed by atoms with van der Waals surface area (Å²) < 4.78 is 41.9. The van der Waals surface area contributed by atoms with Crippen LogP contribution < -0.4 is 4.52 Å². The minimum Gasteiger partial charge on any atom is -0.420 e. The second kappa shape index (κ2) is 12.2. The molecule has 0 bridgehead atoms. The van der Waals surface area contributed by atoms with Crippen LogP contribution in [0.3, 0.4) is 0 Å². The van der Waals surface area contributed by atoms with Gasteiger partial charge in [-0.1, -0.05) is 22.0 Å². The molecule has 0 aromatic heterocycles. The van der Waals surface area contributed by atoms with Crippen LogP contribution in [0.5, 0.6) is 5.75 Å². The molecule has 2 aromatic carbocycles. The van der Waals surface area contributed by atoms with Crippen LogP contribution in [0.4, 0.5) is 8.78 Å². The summed E-state index contributed by atoms with van der Waals surface area (Å²) in [5.41, 5.74) is 0.918. The van der Waals surface area contributed by atoms with Gasteiger partial charge in [0, 0.05) is 74.2 Å². The van der Waals surface area contributed by atoms with Crippen molar-refractivity contribution in [2.45, 2.75) is 16.8 Å². The molecule has 25 heavy (non-hydrogen) atoms. The Morgan fingerprint density at radius 1 is 1.12 bits per heavy atom. The molecule has 2 rings (SSSR count). The standard InChI is InChI=1S/C14H11Br2F2O3PS.2Na/c15-10-2-4-11(5-3-10)23-8-9-1-6-13(12(16)7-9)21-22(19,20)14(17)18;;/h1-7,14H,8H2,(H,19,20);;. The molecule has 3 nitrogen and oxygen atoms in total. The average molecular weight is 534 g/mol. The van der Waals surface area contributed by atoms with Gasteiger partial charge in [0.25, 0.3) is 0 Å². The predicted molar refractivity (Wildman–Crippen MR) is 106 cm³/mol. The minimum atomic E-state index is -4.97. The van der Waals surface area contributed by atoms with Gasteiger partial charge in [-0.15, -0.1) is 11.8 Å². The molecule has 0 aliphatic rings. The molecule has 0 fully saturated rings. The van der Waals surface area contributed by atoms with E-state index in [1.807, 2.05) is 24.3 Å². The van der Waals surface area contributed by atoms with Gasteiger partial charge in [0.15, 0.2) is 0 Å². The van der Waals surface area contributed by atoms with E-state index in [-0.39, 0.29) is 64.9 Å². The summed E-state index contributed by atoms with van der Waals surface area (Å²) >= 11 is 8.14. The maximum Gasteiger partial charge on any atom is 0.442 e. The molecule has 1 unspecified atom stereocenters. The zero-order valence-electron chi connectivity index (χ0n) is 13.5. The van der Waals surface area contributed by atoms with E-state index in [1.165, 1.54) is 6.07 Å². The third kappa shape index (κ3) is 8.65. The van der Waals surface area contributed by atoms with E-state index in [0.29, 0.717) is 10.2 Å². The van der Waals surface area contributed by atoms with Crippen molar-refractivity contribution in [1.29, 1.82) is 0 Å². The molecule has 2 radical (unpaired) electrons. The summed E-state index contributed by atoms with van der Waals surface area (Å²) in [5.74, 6) is 0.570. The molecule has 1 N–H and O–H groups in total. The van der Waals surface area contributed by atoms with Crippen molar-refractivity contribution in [1.82, 2.24) is 0 Å². The van der Waals surface area contributed by atoms with Gasteiger partial charge in [-0.3, -0.25) is 0 Å². The zero-order valence-corrected chi connectivity index (χ0v) is 22.3. The molecule has 0 spiro atoms. The summed E-state index contributed by atoms with van der Waals surface area (Å²) in [7, 11) is -4.97. The summed E-state index contributed by atoms with van der Waals surface area (Å²) in [6, 6.07) is 12.6. The maximum atomic E-state index is 12.4. The van der Waals surface area contributed by atoms with E-state index in [0.717, 1.165) is 14.9 Å². The zero-order chi connectivity index (χ0) is 17.0. The molecule has 11 heteroatoms. The van der Waals surface area contributed by atoms with Crippen molar-refractivity contribution >= 4 is 110 Å². The molecule has 0 amide bonds. The van der Waals surface area contributed by atoms with Crippen molar-refractivity contribution in [3.05, 3.63) is 57.0 Å². The number of halogens is 4. The number of hydrogen-bond acceptors (Lipinski definition) is 3. The van der Waals surface area contributed by atoms with E-state index in [4.69, 9.17) is 4.89 Å². The molecule has 126 valence electrons. The monoisotopic (exact) mass is 532 g/mol. The van der Waals surface area contributed by atoms with Crippen LogP contribution in [-0.4, -0.2) is 70.2 Å². The Morgan fingerprint density at radius 3 is 2.24 bits per heavy atom. The molecule has 0 saturated carbocycles. The number of hydrogen-bond donors (Lipinski definition) is 1. The Morgan fingerprint density at radius 2 is 1.72 bits per heavy atom. The number of alkyl halides is 2. The third-order valence-electron chi connectivity index (χ3n) is 2.69. The largest absolute Gasteiger partial charge is 0.442 e. The minimum absolute atomic E-state index is 0. The molecule has 1 atom stereocenters. The molecular weight excluding hydrogens is 523 g/mol. The average Bonchev–Trinajstić information content (AvgIpc) is 2.49. The topological polar surface area (TPSA) is 46.5 Å². The summed E-state index contributed by atoms with van der Waals surface area (Å²) in [5, 5.41) is 0. The third-order valence-corrected chi connectivity index (χ3v) is 5.87.